The topological polar surface area (TPSA) is 38.0 Å². The molecule has 2 unspecified atom stereocenters. The molecule has 1 rings (SSSR count). The van der Waals surface area contributed by atoms with Crippen LogP contribution >= 0.6 is 0 Å². The van der Waals surface area contributed by atoms with Crippen LogP contribution in [0.4, 0.5) is 0 Å². The largest absolute Gasteiger partial charge is 0.325 e. The minimum atomic E-state index is 0.0846. The first-order valence-electron chi connectivity index (χ1n) is 4.60. The Morgan fingerprint density at radius 3 is 2.82 bits per heavy atom. The van der Waals surface area contributed by atoms with Gasteiger partial charge >= 0.3 is 0 Å². The third kappa shape index (κ3) is 2.17. The van der Waals surface area contributed by atoms with Crippen LogP contribution in [-0.4, -0.2) is 19.1 Å². The fourth-order valence-corrected chi connectivity index (χ4v) is 2.01. The van der Waals surface area contributed by atoms with Gasteiger partial charge in [0.05, 0.1) is 0 Å². The molecule has 0 saturated heterocycles. The molecule has 0 bridgehead atoms. The van der Waals surface area contributed by atoms with Gasteiger partial charge in [0, 0.05) is 5.54 Å². The van der Waals surface area contributed by atoms with Crippen LogP contribution in [-0.2, 0) is 0 Å². The van der Waals surface area contributed by atoms with Gasteiger partial charge in [-0.1, -0.05) is 12.8 Å². The minimum Gasteiger partial charge on any atom is -0.325 e. The van der Waals surface area contributed by atoms with E-state index in [1.807, 2.05) is 7.05 Å². The molecule has 0 aliphatic heterocycles. The first-order valence-corrected chi connectivity index (χ1v) is 4.60. The number of rotatable bonds is 2. The third-order valence-electron chi connectivity index (χ3n) is 2.90. The average molecular weight is 156 g/mol. The summed E-state index contributed by atoms with van der Waals surface area (Å²) in [7, 11) is 2.00. The fraction of sp³-hybridized carbons (Fsp3) is 1.00. The Kier molecular flexibility index (Phi) is 2.90. The highest BCUT2D eigenvalue weighted by atomic mass is 14.9. The number of nitrogens with one attached hydrogen (secondary N) is 1. The first-order chi connectivity index (χ1) is 5.17. The Morgan fingerprint density at radius 2 is 2.27 bits per heavy atom. The van der Waals surface area contributed by atoms with Crippen LogP contribution in [0.1, 0.15) is 32.6 Å². The van der Waals surface area contributed by atoms with Gasteiger partial charge < -0.3 is 11.1 Å². The van der Waals surface area contributed by atoms with E-state index in [1.54, 1.807) is 0 Å². The van der Waals surface area contributed by atoms with Gasteiger partial charge in [0.2, 0.25) is 0 Å². The van der Waals surface area contributed by atoms with E-state index in [2.05, 4.69) is 12.2 Å². The van der Waals surface area contributed by atoms with E-state index < -0.39 is 0 Å². The van der Waals surface area contributed by atoms with Gasteiger partial charge in [0.15, 0.2) is 0 Å². The zero-order valence-corrected chi connectivity index (χ0v) is 7.69. The van der Waals surface area contributed by atoms with Crippen LogP contribution in [0.25, 0.3) is 0 Å². The SMILES string of the molecule is CNCC1CCCCC1(C)N. The van der Waals surface area contributed by atoms with E-state index in [-0.39, 0.29) is 5.54 Å². The molecule has 0 aromatic carbocycles. The summed E-state index contributed by atoms with van der Waals surface area (Å²) in [6.45, 7) is 3.27. The Morgan fingerprint density at radius 1 is 1.55 bits per heavy atom. The summed E-state index contributed by atoms with van der Waals surface area (Å²) < 4.78 is 0. The van der Waals surface area contributed by atoms with E-state index in [4.69, 9.17) is 5.73 Å². The number of hydrogen-bond acceptors (Lipinski definition) is 2. The number of nitrogens with two attached hydrogens (primary N) is 1. The standard InChI is InChI=1S/C9H20N2/c1-9(10)6-4-3-5-8(9)7-11-2/h8,11H,3-7,10H2,1-2H3. The first kappa shape index (κ1) is 9.01. The van der Waals surface area contributed by atoms with Crippen molar-refractivity contribution in [3.63, 3.8) is 0 Å². The molecule has 0 amide bonds. The molecule has 0 spiro atoms. The third-order valence-corrected chi connectivity index (χ3v) is 2.90. The van der Waals surface area contributed by atoms with Gasteiger partial charge in [0.25, 0.3) is 0 Å². The minimum absolute atomic E-state index is 0.0846. The Hall–Kier alpha value is -0.0800. The van der Waals surface area contributed by atoms with Crippen molar-refractivity contribution in [2.45, 2.75) is 38.1 Å². The van der Waals surface area contributed by atoms with Crippen molar-refractivity contribution in [3.05, 3.63) is 0 Å². The summed E-state index contributed by atoms with van der Waals surface area (Å²) in [5.74, 6) is 0.682. The van der Waals surface area contributed by atoms with Crippen molar-refractivity contribution in [1.82, 2.24) is 5.32 Å². The molecule has 0 heterocycles. The molecule has 66 valence electrons. The van der Waals surface area contributed by atoms with Gasteiger partial charge in [0.1, 0.15) is 0 Å². The molecule has 0 radical (unpaired) electrons. The van der Waals surface area contributed by atoms with E-state index in [9.17, 15) is 0 Å². The summed E-state index contributed by atoms with van der Waals surface area (Å²) in [6, 6.07) is 0. The van der Waals surface area contributed by atoms with Gasteiger partial charge in [-0.05, 0) is 39.3 Å². The zero-order valence-electron chi connectivity index (χ0n) is 7.69. The second kappa shape index (κ2) is 3.55. The molecular formula is C9H20N2. The molecular weight excluding hydrogens is 136 g/mol. The lowest BCUT2D eigenvalue weighted by Gasteiger charge is -2.38. The highest BCUT2D eigenvalue weighted by Gasteiger charge is 2.31. The van der Waals surface area contributed by atoms with E-state index in [1.165, 1.54) is 25.7 Å². The predicted octanol–water partition coefficient (Wildman–Crippen LogP) is 1.11. The van der Waals surface area contributed by atoms with Crippen LogP contribution in [0.15, 0.2) is 0 Å². The molecule has 1 fully saturated rings. The Balaban J connectivity index is 2.45. The normalized spacial score (nSPS) is 39.0. The van der Waals surface area contributed by atoms with Gasteiger partial charge in [-0.2, -0.15) is 0 Å². The van der Waals surface area contributed by atoms with Gasteiger partial charge in [-0.15, -0.1) is 0 Å². The van der Waals surface area contributed by atoms with Crippen molar-refractivity contribution in [2.24, 2.45) is 11.7 Å². The van der Waals surface area contributed by atoms with Crippen LogP contribution in [0.2, 0.25) is 0 Å². The summed E-state index contributed by atoms with van der Waals surface area (Å²) in [5, 5.41) is 3.21. The van der Waals surface area contributed by atoms with Crippen LogP contribution < -0.4 is 11.1 Å². The molecule has 2 atom stereocenters. The monoisotopic (exact) mass is 156 g/mol. The smallest absolute Gasteiger partial charge is 0.0166 e. The lowest BCUT2D eigenvalue weighted by Crippen LogP contribution is -2.49. The van der Waals surface area contributed by atoms with Crippen molar-refractivity contribution in [3.8, 4) is 0 Å². The van der Waals surface area contributed by atoms with Crippen LogP contribution in [0.5, 0.6) is 0 Å². The maximum absolute atomic E-state index is 6.17. The molecule has 0 aromatic heterocycles. The van der Waals surface area contributed by atoms with Crippen molar-refractivity contribution in [2.75, 3.05) is 13.6 Å². The molecule has 1 aliphatic rings. The lowest BCUT2D eigenvalue weighted by atomic mass is 9.75. The summed E-state index contributed by atoms with van der Waals surface area (Å²) >= 11 is 0. The highest BCUT2D eigenvalue weighted by molar-refractivity contribution is 4.90. The molecule has 2 nitrogen and oxygen atoms in total. The van der Waals surface area contributed by atoms with E-state index in [0.29, 0.717) is 5.92 Å². The Labute approximate surface area is 69.5 Å². The van der Waals surface area contributed by atoms with Crippen molar-refractivity contribution < 1.29 is 0 Å². The molecule has 2 heteroatoms. The van der Waals surface area contributed by atoms with Gasteiger partial charge in [-0.3, -0.25) is 0 Å². The summed E-state index contributed by atoms with van der Waals surface area (Å²) in [4.78, 5) is 0. The van der Waals surface area contributed by atoms with Crippen LogP contribution in [0.3, 0.4) is 0 Å². The van der Waals surface area contributed by atoms with E-state index >= 15 is 0 Å². The highest BCUT2D eigenvalue weighted by Crippen LogP contribution is 2.30. The fourth-order valence-electron chi connectivity index (χ4n) is 2.01. The van der Waals surface area contributed by atoms with E-state index in [0.717, 1.165) is 6.54 Å². The second-order valence-corrected chi connectivity index (χ2v) is 4.01. The second-order valence-electron chi connectivity index (χ2n) is 4.01. The summed E-state index contributed by atoms with van der Waals surface area (Å²) in [6.07, 6.45) is 5.17. The maximum Gasteiger partial charge on any atom is 0.0166 e. The molecule has 11 heavy (non-hydrogen) atoms. The van der Waals surface area contributed by atoms with Crippen molar-refractivity contribution >= 4 is 0 Å². The quantitative estimate of drug-likeness (QED) is 0.628. The maximum atomic E-state index is 6.17. The van der Waals surface area contributed by atoms with Crippen molar-refractivity contribution in [1.29, 1.82) is 0 Å². The predicted molar refractivity (Wildman–Crippen MR) is 48.5 cm³/mol. The molecule has 1 saturated carbocycles. The molecule has 0 aromatic rings. The van der Waals surface area contributed by atoms with Crippen LogP contribution in [0, 0.1) is 5.92 Å². The summed E-state index contributed by atoms with van der Waals surface area (Å²) in [5.41, 5.74) is 6.25. The Bertz CT molecular complexity index is 119. The zero-order chi connectivity index (χ0) is 8.32. The van der Waals surface area contributed by atoms with Gasteiger partial charge in [-0.25, -0.2) is 0 Å². The molecule has 1 aliphatic carbocycles. The average Bonchev–Trinajstić information content (AvgIpc) is 1.94. The lowest BCUT2D eigenvalue weighted by molar-refractivity contribution is 0.206. The molecule has 3 N–H and O–H groups in total. The number of hydrogen-bond donors (Lipinski definition) is 2.